The van der Waals surface area contributed by atoms with Crippen molar-refractivity contribution in [1.82, 2.24) is 14.9 Å². The zero-order valence-corrected chi connectivity index (χ0v) is 18.4. The highest BCUT2D eigenvalue weighted by Gasteiger charge is 2.24. The number of anilines is 2. The topological polar surface area (TPSA) is 100 Å². The maximum atomic E-state index is 12.7. The minimum absolute atomic E-state index is 0.145. The second-order valence-electron chi connectivity index (χ2n) is 7.62. The number of hydrogen-bond acceptors (Lipinski definition) is 7. The molecule has 32 heavy (non-hydrogen) atoms. The first kappa shape index (κ1) is 21.6. The summed E-state index contributed by atoms with van der Waals surface area (Å²) in [4.78, 5) is 25.5. The lowest BCUT2D eigenvalue weighted by molar-refractivity contribution is 0.199. The predicted octanol–water partition coefficient (Wildman–Crippen LogP) is 3.05. The molecule has 1 atom stereocenters. The molecule has 9 heteroatoms. The van der Waals surface area contributed by atoms with Gasteiger partial charge < -0.3 is 29.7 Å². The molecule has 1 saturated heterocycles. The van der Waals surface area contributed by atoms with Crippen LogP contribution < -0.4 is 19.7 Å². The van der Waals surface area contributed by atoms with Crippen LogP contribution in [-0.2, 0) is 0 Å². The molecule has 1 unspecified atom stereocenters. The van der Waals surface area contributed by atoms with Crippen molar-refractivity contribution in [3.63, 3.8) is 0 Å². The van der Waals surface area contributed by atoms with Crippen LogP contribution >= 0.6 is 0 Å². The van der Waals surface area contributed by atoms with E-state index in [0.29, 0.717) is 43.4 Å². The second-order valence-corrected chi connectivity index (χ2v) is 7.62. The van der Waals surface area contributed by atoms with Crippen molar-refractivity contribution < 1.29 is 19.4 Å². The lowest BCUT2D eigenvalue weighted by Crippen LogP contribution is -2.50. The smallest absolute Gasteiger partial charge is 0.321 e. The van der Waals surface area contributed by atoms with E-state index in [2.05, 4.69) is 20.2 Å². The van der Waals surface area contributed by atoms with Crippen LogP contribution in [0.5, 0.6) is 11.5 Å². The Morgan fingerprint density at radius 3 is 2.31 bits per heavy atom. The number of rotatable bonds is 5. The molecule has 0 radical (unpaired) electrons. The summed E-state index contributed by atoms with van der Waals surface area (Å²) in [6.45, 7) is 4.14. The Labute approximate surface area is 186 Å². The van der Waals surface area contributed by atoms with E-state index in [1.165, 1.54) is 0 Å². The zero-order chi connectivity index (χ0) is 22.7. The number of amides is 2. The monoisotopic (exact) mass is 437 g/mol. The second kappa shape index (κ2) is 9.27. The number of carbonyl (C=O) groups is 1. The number of urea groups is 1. The molecule has 2 heterocycles. The normalized spacial score (nSPS) is 14.9. The molecule has 1 aromatic heterocycles. The summed E-state index contributed by atoms with van der Waals surface area (Å²) in [5.41, 5.74) is 2.28. The highest BCUT2D eigenvalue weighted by Crippen LogP contribution is 2.34. The summed E-state index contributed by atoms with van der Waals surface area (Å²) in [5.74, 6) is 2.05. The van der Waals surface area contributed by atoms with Gasteiger partial charge in [-0.1, -0.05) is 12.1 Å². The fourth-order valence-electron chi connectivity index (χ4n) is 3.79. The standard InChI is InChI=1S/C23H27N5O4/c1-15(29)16-4-6-17(7-5-16)26-23(30)28-10-8-27(9-11-28)22-18-12-20(31-2)21(32-3)13-19(18)24-14-25-22/h4-7,12-15,29H,8-11H2,1-3H3,(H,26,30). The van der Waals surface area contributed by atoms with Gasteiger partial charge in [0.2, 0.25) is 0 Å². The summed E-state index contributed by atoms with van der Waals surface area (Å²) in [5, 5.41) is 13.4. The molecule has 9 nitrogen and oxygen atoms in total. The van der Waals surface area contributed by atoms with E-state index in [1.807, 2.05) is 24.3 Å². The maximum absolute atomic E-state index is 12.7. The zero-order valence-electron chi connectivity index (χ0n) is 18.4. The quantitative estimate of drug-likeness (QED) is 0.633. The molecule has 2 amide bonds. The van der Waals surface area contributed by atoms with Crippen LogP contribution in [0, 0.1) is 0 Å². The van der Waals surface area contributed by atoms with Gasteiger partial charge in [-0.25, -0.2) is 14.8 Å². The van der Waals surface area contributed by atoms with E-state index in [-0.39, 0.29) is 6.03 Å². The van der Waals surface area contributed by atoms with E-state index in [4.69, 9.17) is 9.47 Å². The van der Waals surface area contributed by atoms with Crippen LogP contribution in [0.1, 0.15) is 18.6 Å². The molecule has 4 rings (SSSR count). The third kappa shape index (κ3) is 4.38. The molecule has 0 saturated carbocycles. The summed E-state index contributed by atoms with van der Waals surface area (Å²) in [6.07, 6.45) is 1.01. The van der Waals surface area contributed by atoms with E-state index < -0.39 is 6.10 Å². The number of hydrogen-bond donors (Lipinski definition) is 2. The van der Waals surface area contributed by atoms with Gasteiger partial charge >= 0.3 is 6.03 Å². The number of aliphatic hydroxyl groups excluding tert-OH is 1. The van der Waals surface area contributed by atoms with Crippen LogP contribution in [-0.4, -0.2) is 66.4 Å². The molecule has 0 aliphatic carbocycles. The Balaban J connectivity index is 1.44. The first-order chi connectivity index (χ1) is 15.5. The summed E-state index contributed by atoms with van der Waals surface area (Å²) in [7, 11) is 3.19. The molecule has 3 aromatic rings. The molecule has 0 bridgehead atoms. The lowest BCUT2D eigenvalue weighted by atomic mass is 10.1. The number of nitrogens with zero attached hydrogens (tertiary/aromatic N) is 4. The van der Waals surface area contributed by atoms with Crippen LogP contribution in [0.3, 0.4) is 0 Å². The number of ether oxygens (including phenoxy) is 2. The van der Waals surface area contributed by atoms with Gasteiger partial charge in [0.1, 0.15) is 12.1 Å². The van der Waals surface area contributed by atoms with Gasteiger partial charge in [0.15, 0.2) is 11.5 Å². The fraction of sp³-hybridized carbons (Fsp3) is 0.348. The van der Waals surface area contributed by atoms with Gasteiger partial charge in [-0.3, -0.25) is 0 Å². The average molecular weight is 438 g/mol. The predicted molar refractivity (Wildman–Crippen MR) is 123 cm³/mol. The average Bonchev–Trinajstić information content (AvgIpc) is 2.83. The van der Waals surface area contributed by atoms with Gasteiger partial charge in [-0.05, 0) is 30.7 Å². The van der Waals surface area contributed by atoms with Crippen molar-refractivity contribution in [3.8, 4) is 11.5 Å². The van der Waals surface area contributed by atoms with Crippen LogP contribution in [0.25, 0.3) is 10.9 Å². The Kier molecular flexibility index (Phi) is 6.27. The minimum Gasteiger partial charge on any atom is -0.493 e. The summed E-state index contributed by atoms with van der Waals surface area (Å²) in [6, 6.07) is 10.8. The largest absolute Gasteiger partial charge is 0.493 e. The molecular weight excluding hydrogens is 410 g/mol. The third-order valence-electron chi connectivity index (χ3n) is 5.63. The molecular formula is C23H27N5O4. The van der Waals surface area contributed by atoms with Crippen LogP contribution in [0.4, 0.5) is 16.3 Å². The number of benzene rings is 2. The molecule has 1 fully saturated rings. The highest BCUT2D eigenvalue weighted by molar-refractivity contribution is 5.92. The Bertz CT molecular complexity index is 1100. The van der Waals surface area contributed by atoms with Gasteiger partial charge in [0.25, 0.3) is 0 Å². The van der Waals surface area contributed by atoms with Gasteiger partial charge in [0.05, 0.1) is 25.8 Å². The molecule has 2 aromatic carbocycles. The Morgan fingerprint density at radius 1 is 1.03 bits per heavy atom. The molecule has 1 aliphatic heterocycles. The highest BCUT2D eigenvalue weighted by atomic mass is 16.5. The number of methoxy groups -OCH3 is 2. The lowest BCUT2D eigenvalue weighted by Gasteiger charge is -2.35. The minimum atomic E-state index is -0.535. The first-order valence-corrected chi connectivity index (χ1v) is 10.5. The Morgan fingerprint density at radius 2 is 1.69 bits per heavy atom. The van der Waals surface area contributed by atoms with Crippen molar-refractivity contribution in [2.24, 2.45) is 0 Å². The van der Waals surface area contributed by atoms with Crippen LogP contribution in [0.2, 0.25) is 0 Å². The van der Waals surface area contributed by atoms with Crippen molar-refractivity contribution in [1.29, 1.82) is 0 Å². The first-order valence-electron chi connectivity index (χ1n) is 10.5. The summed E-state index contributed by atoms with van der Waals surface area (Å²) < 4.78 is 10.8. The SMILES string of the molecule is COc1cc2ncnc(N3CCN(C(=O)Nc4ccc(C(C)O)cc4)CC3)c2cc1OC. The van der Waals surface area contributed by atoms with Gasteiger partial charge in [0, 0.05) is 43.3 Å². The number of aliphatic hydroxyl groups is 1. The van der Waals surface area contributed by atoms with E-state index in [0.717, 1.165) is 22.3 Å². The van der Waals surface area contributed by atoms with Crippen LogP contribution in [0.15, 0.2) is 42.7 Å². The number of carbonyl (C=O) groups excluding carboxylic acids is 1. The fourth-order valence-corrected chi connectivity index (χ4v) is 3.79. The van der Waals surface area contributed by atoms with E-state index in [1.54, 1.807) is 44.5 Å². The van der Waals surface area contributed by atoms with Gasteiger partial charge in [-0.2, -0.15) is 0 Å². The van der Waals surface area contributed by atoms with Gasteiger partial charge in [-0.15, -0.1) is 0 Å². The Hall–Kier alpha value is -3.59. The number of piperazine rings is 1. The van der Waals surface area contributed by atoms with Crippen molar-refractivity contribution in [2.45, 2.75) is 13.0 Å². The van der Waals surface area contributed by atoms with Crippen molar-refractivity contribution in [3.05, 3.63) is 48.3 Å². The molecule has 2 N–H and O–H groups in total. The van der Waals surface area contributed by atoms with E-state index in [9.17, 15) is 9.90 Å². The summed E-state index contributed by atoms with van der Waals surface area (Å²) >= 11 is 0. The molecule has 168 valence electrons. The number of fused-ring (bicyclic) bond motifs is 1. The number of nitrogens with one attached hydrogen (secondary N) is 1. The van der Waals surface area contributed by atoms with Crippen molar-refractivity contribution in [2.75, 3.05) is 50.6 Å². The van der Waals surface area contributed by atoms with E-state index >= 15 is 0 Å². The molecule has 1 aliphatic rings. The molecule has 0 spiro atoms. The third-order valence-corrected chi connectivity index (χ3v) is 5.63. The maximum Gasteiger partial charge on any atom is 0.321 e. The van der Waals surface area contributed by atoms with Crippen molar-refractivity contribution >= 4 is 28.4 Å². The number of aromatic nitrogens is 2.